The lowest BCUT2D eigenvalue weighted by atomic mass is 10.1. The van der Waals surface area contributed by atoms with Crippen molar-refractivity contribution in [2.75, 3.05) is 0 Å². The number of carbonyl (C=O) groups is 1. The molecule has 3 N–H and O–H groups in total. The standard InChI is InChI=1S/C16H19N3O4/c1-11-15(8-7-13(20)9-14(21)10-16(22)23)19(18-17-11)12-5-3-2-4-6-12/h2-8,13-14,20-21H,9-10H2,1H3,(H,22,23)/b8-7+. The minimum absolute atomic E-state index is 0.0469. The van der Waals surface area contributed by atoms with Crippen LogP contribution in [0.3, 0.4) is 0 Å². The Labute approximate surface area is 133 Å². The smallest absolute Gasteiger partial charge is 0.305 e. The second kappa shape index (κ2) is 7.66. The maximum Gasteiger partial charge on any atom is 0.305 e. The highest BCUT2D eigenvalue weighted by molar-refractivity contribution is 5.67. The van der Waals surface area contributed by atoms with Crippen LogP contribution in [0, 0.1) is 6.92 Å². The van der Waals surface area contributed by atoms with Crippen LogP contribution in [0.5, 0.6) is 0 Å². The summed E-state index contributed by atoms with van der Waals surface area (Å²) >= 11 is 0. The van der Waals surface area contributed by atoms with Crippen LogP contribution in [0.25, 0.3) is 11.8 Å². The zero-order chi connectivity index (χ0) is 16.8. The molecule has 7 nitrogen and oxygen atoms in total. The van der Waals surface area contributed by atoms with Crippen molar-refractivity contribution >= 4 is 12.0 Å². The lowest BCUT2D eigenvalue weighted by molar-refractivity contribution is -0.139. The van der Waals surface area contributed by atoms with Crippen LogP contribution in [0.15, 0.2) is 36.4 Å². The number of aliphatic hydroxyl groups is 2. The van der Waals surface area contributed by atoms with Gasteiger partial charge in [-0.25, -0.2) is 4.68 Å². The number of nitrogens with zero attached hydrogens (tertiary/aromatic N) is 3. The van der Waals surface area contributed by atoms with Crippen LogP contribution in [-0.2, 0) is 4.79 Å². The second-order valence-electron chi connectivity index (χ2n) is 5.22. The van der Waals surface area contributed by atoms with Crippen molar-refractivity contribution in [3.05, 3.63) is 47.8 Å². The zero-order valence-corrected chi connectivity index (χ0v) is 12.7. The number of aliphatic hydroxyl groups excluding tert-OH is 2. The Kier molecular flexibility index (Phi) is 5.61. The van der Waals surface area contributed by atoms with Crippen LogP contribution >= 0.6 is 0 Å². The Balaban J connectivity index is 2.11. The van der Waals surface area contributed by atoms with Crippen molar-refractivity contribution < 1.29 is 20.1 Å². The van der Waals surface area contributed by atoms with E-state index in [0.29, 0.717) is 11.4 Å². The van der Waals surface area contributed by atoms with Gasteiger partial charge in [-0.2, -0.15) is 0 Å². The Bertz CT molecular complexity index is 682. The molecule has 2 atom stereocenters. The summed E-state index contributed by atoms with van der Waals surface area (Å²) in [6.07, 6.45) is 0.673. The SMILES string of the molecule is Cc1nnn(-c2ccccc2)c1/C=C/C(O)CC(O)CC(=O)O. The molecule has 2 unspecified atom stereocenters. The molecular weight excluding hydrogens is 298 g/mol. The molecule has 1 heterocycles. The first-order valence-corrected chi connectivity index (χ1v) is 7.21. The summed E-state index contributed by atoms with van der Waals surface area (Å²) < 4.78 is 1.65. The molecule has 0 spiro atoms. The molecule has 0 saturated carbocycles. The average Bonchev–Trinajstić information content (AvgIpc) is 2.86. The number of hydrogen-bond donors (Lipinski definition) is 3. The van der Waals surface area contributed by atoms with E-state index in [2.05, 4.69) is 10.3 Å². The number of carboxylic acid groups (broad SMARTS) is 1. The summed E-state index contributed by atoms with van der Waals surface area (Å²) in [6.45, 7) is 1.80. The van der Waals surface area contributed by atoms with Crippen molar-refractivity contribution in [3.8, 4) is 5.69 Å². The minimum atomic E-state index is -1.10. The van der Waals surface area contributed by atoms with E-state index in [1.807, 2.05) is 30.3 Å². The zero-order valence-electron chi connectivity index (χ0n) is 12.7. The fraction of sp³-hybridized carbons (Fsp3) is 0.312. The Hall–Kier alpha value is -2.51. The summed E-state index contributed by atoms with van der Waals surface area (Å²) in [4.78, 5) is 10.5. The van der Waals surface area contributed by atoms with Crippen LogP contribution < -0.4 is 0 Å². The van der Waals surface area contributed by atoms with Crippen molar-refractivity contribution in [2.45, 2.75) is 32.0 Å². The molecule has 7 heteroatoms. The van der Waals surface area contributed by atoms with E-state index in [9.17, 15) is 15.0 Å². The lowest BCUT2D eigenvalue weighted by Gasteiger charge is -2.10. The number of aryl methyl sites for hydroxylation is 1. The first-order valence-electron chi connectivity index (χ1n) is 7.21. The van der Waals surface area contributed by atoms with E-state index in [1.54, 1.807) is 17.7 Å². The average molecular weight is 317 g/mol. The molecule has 0 saturated heterocycles. The fourth-order valence-electron chi connectivity index (χ4n) is 2.16. The van der Waals surface area contributed by atoms with Gasteiger partial charge in [-0.1, -0.05) is 29.5 Å². The normalized spacial score (nSPS) is 14.0. The van der Waals surface area contributed by atoms with Crippen LogP contribution in [0.2, 0.25) is 0 Å². The molecule has 23 heavy (non-hydrogen) atoms. The van der Waals surface area contributed by atoms with Crippen molar-refractivity contribution in [1.29, 1.82) is 0 Å². The number of aromatic nitrogens is 3. The van der Waals surface area contributed by atoms with E-state index >= 15 is 0 Å². The van der Waals surface area contributed by atoms with Gasteiger partial charge in [0.25, 0.3) is 0 Å². The van der Waals surface area contributed by atoms with Gasteiger partial charge in [0.15, 0.2) is 0 Å². The van der Waals surface area contributed by atoms with Gasteiger partial charge in [0, 0.05) is 6.42 Å². The molecule has 0 aliphatic heterocycles. The quantitative estimate of drug-likeness (QED) is 0.707. The van der Waals surface area contributed by atoms with E-state index in [-0.39, 0.29) is 6.42 Å². The molecule has 0 bridgehead atoms. The number of benzene rings is 1. The van der Waals surface area contributed by atoms with Gasteiger partial charge in [0.05, 0.1) is 35.7 Å². The summed E-state index contributed by atoms with van der Waals surface area (Å²) in [5.41, 5.74) is 2.25. The first kappa shape index (κ1) is 16.9. The maximum atomic E-state index is 10.5. The van der Waals surface area contributed by atoms with E-state index in [0.717, 1.165) is 5.69 Å². The second-order valence-corrected chi connectivity index (χ2v) is 5.22. The van der Waals surface area contributed by atoms with Gasteiger partial charge in [0.1, 0.15) is 0 Å². The van der Waals surface area contributed by atoms with Gasteiger partial charge in [-0.05, 0) is 25.1 Å². The first-order chi connectivity index (χ1) is 11.0. The predicted octanol–water partition coefficient (Wildman–Crippen LogP) is 1.18. The molecule has 0 aliphatic carbocycles. The summed E-state index contributed by atoms with van der Waals surface area (Å²) in [6, 6.07) is 9.45. The largest absolute Gasteiger partial charge is 0.481 e. The molecule has 1 aromatic heterocycles. The van der Waals surface area contributed by atoms with Gasteiger partial charge in [0.2, 0.25) is 0 Å². The molecule has 0 amide bonds. The van der Waals surface area contributed by atoms with Crippen LogP contribution in [0.1, 0.15) is 24.2 Å². The van der Waals surface area contributed by atoms with Crippen LogP contribution in [-0.4, -0.2) is 48.5 Å². The van der Waals surface area contributed by atoms with Gasteiger partial charge < -0.3 is 15.3 Å². The third kappa shape index (κ3) is 4.73. The van der Waals surface area contributed by atoms with Crippen molar-refractivity contribution in [1.82, 2.24) is 15.0 Å². The molecule has 2 aromatic rings. The van der Waals surface area contributed by atoms with E-state index < -0.39 is 24.6 Å². The third-order valence-electron chi connectivity index (χ3n) is 3.28. The molecule has 0 radical (unpaired) electrons. The van der Waals surface area contributed by atoms with E-state index in [4.69, 9.17) is 5.11 Å². The van der Waals surface area contributed by atoms with Gasteiger partial charge in [-0.15, -0.1) is 5.10 Å². The molecule has 2 rings (SSSR count). The number of para-hydroxylation sites is 1. The molecule has 1 aromatic carbocycles. The highest BCUT2D eigenvalue weighted by Crippen LogP contribution is 2.15. The summed E-state index contributed by atoms with van der Waals surface area (Å²) in [5, 5.41) is 36.1. The predicted molar refractivity (Wildman–Crippen MR) is 84.0 cm³/mol. The number of rotatable bonds is 7. The maximum absolute atomic E-state index is 10.5. The van der Waals surface area contributed by atoms with Crippen molar-refractivity contribution in [2.24, 2.45) is 0 Å². The molecule has 0 aliphatic rings. The lowest BCUT2D eigenvalue weighted by Crippen LogP contribution is -2.19. The fourth-order valence-corrected chi connectivity index (χ4v) is 2.16. The Morgan fingerprint density at radius 3 is 2.65 bits per heavy atom. The van der Waals surface area contributed by atoms with Gasteiger partial charge >= 0.3 is 5.97 Å². The number of hydrogen-bond acceptors (Lipinski definition) is 5. The monoisotopic (exact) mass is 317 g/mol. The third-order valence-corrected chi connectivity index (χ3v) is 3.28. The van der Waals surface area contributed by atoms with Crippen LogP contribution in [0.4, 0.5) is 0 Å². The van der Waals surface area contributed by atoms with Crippen molar-refractivity contribution in [3.63, 3.8) is 0 Å². The number of aliphatic carboxylic acids is 1. The highest BCUT2D eigenvalue weighted by Gasteiger charge is 2.14. The van der Waals surface area contributed by atoms with E-state index in [1.165, 1.54) is 6.08 Å². The molecule has 122 valence electrons. The molecule has 0 fully saturated rings. The Morgan fingerprint density at radius 1 is 1.30 bits per heavy atom. The highest BCUT2D eigenvalue weighted by atomic mass is 16.4. The summed E-state index contributed by atoms with van der Waals surface area (Å²) in [7, 11) is 0. The molecular formula is C16H19N3O4. The number of carboxylic acids is 1. The topological polar surface area (TPSA) is 108 Å². The van der Waals surface area contributed by atoms with Gasteiger partial charge in [-0.3, -0.25) is 4.79 Å². The minimum Gasteiger partial charge on any atom is -0.481 e. The summed E-state index contributed by atoms with van der Waals surface area (Å²) in [5.74, 6) is -1.10. The Morgan fingerprint density at radius 2 is 2.00 bits per heavy atom.